The molecule has 18 heavy (non-hydrogen) atoms. The van der Waals surface area contributed by atoms with Gasteiger partial charge in [-0.15, -0.1) is 0 Å². The third-order valence-corrected chi connectivity index (χ3v) is 4.50. The lowest BCUT2D eigenvalue weighted by molar-refractivity contribution is 0.302. The maximum absolute atomic E-state index is 6.60. The summed E-state index contributed by atoms with van der Waals surface area (Å²) in [5.41, 5.74) is 9.97. The Labute approximate surface area is 108 Å². The number of fused-ring (bicyclic) bond motifs is 1. The third-order valence-electron chi connectivity index (χ3n) is 4.50. The first-order valence-electron chi connectivity index (χ1n) is 6.89. The van der Waals surface area contributed by atoms with Crippen molar-refractivity contribution in [3.05, 3.63) is 35.1 Å². The van der Waals surface area contributed by atoms with Crippen LogP contribution in [-0.2, 0) is 5.54 Å². The molecule has 1 heterocycles. The van der Waals surface area contributed by atoms with Crippen LogP contribution in [0.15, 0.2) is 22.6 Å². The van der Waals surface area contributed by atoms with Crippen LogP contribution in [-0.4, -0.2) is 0 Å². The Hall–Kier alpha value is -1.28. The molecule has 0 amide bonds. The van der Waals surface area contributed by atoms with Crippen molar-refractivity contribution in [2.45, 2.75) is 51.5 Å². The molecule has 1 saturated carbocycles. The second-order valence-electron chi connectivity index (χ2n) is 5.71. The van der Waals surface area contributed by atoms with Gasteiger partial charge in [0.05, 0.1) is 0 Å². The van der Waals surface area contributed by atoms with Crippen molar-refractivity contribution in [1.82, 2.24) is 0 Å². The topological polar surface area (TPSA) is 39.2 Å². The summed E-state index contributed by atoms with van der Waals surface area (Å²) < 4.78 is 5.73. The van der Waals surface area contributed by atoms with Gasteiger partial charge in [0.2, 0.25) is 0 Å². The Morgan fingerprint density at radius 3 is 2.56 bits per heavy atom. The van der Waals surface area contributed by atoms with Crippen molar-refractivity contribution >= 4 is 11.0 Å². The Bertz CT molecular complexity index is 576. The van der Waals surface area contributed by atoms with Gasteiger partial charge >= 0.3 is 0 Å². The number of nitrogens with two attached hydrogens (primary N) is 1. The average molecular weight is 243 g/mol. The van der Waals surface area contributed by atoms with Crippen LogP contribution in [0, 0.1) is 13.8 Å². The minimum absolute atomic E-state index is 0.121. The first-order chi connectivity index (χ1) is 8.60. The summed E-state index contributed by atoms with van der Waals surface area (Å²) in [6, 6.07) is 6.47. The van der Waals surface area contributed by atoms with Crippen LogP contribution in [0.4, 0.5) is 0 Å². The Morgan fingerprint density at radius 1 is 1.11 bits per heavy atom. The molecule has 0 aliphatic heterocycles. The van der Waals surface area contributed by atoms with E-state index in [-0.39, 0.29) is 5.54 Å². The van der Waals surface area contributed by atoms with Crippen molar-refractivity contribution < 1.29 is 4.42 Å². The van der Waals surface area contributed by atoms with Crippen LogP contribution in [0.2, 0.25) is 0 Å². The molecule has 0 atom stereocenters. The van der Waals surface area contributed by atoms with E-state index in [4.69, 9.17) is 10.2 Å². The largest absolute Gasteiger partial charge is 0.461 e. The molecular weight excluding hydrogens is 222 g/mol. The van der Waals surface area contributed by atoms with E-state index in [1.54, 1.807) is 0 Å². The van der Waals surface area contributed by atoms with E-state index < -0.39 is 0 Å². The molecule has 1 aliphatic rings. The molecular formula is C16H21NO. The van der Waals surface area contributed by atoms with Crippen molar-refractivity contribution in [2.75, 3.05) is 0 Å². The second kappa shape index (κ2) is 4.13. The Kier molecular flexibility index (Phi) is 2.70. The van der Waals surface area contributed by atoms with Gasteiger partial charge in [0.15, 0.2) is 0 Å². The highest BCUT2D eigenvalue weighted by Gasteiger charge is 2.29. The molecule has 1 aliphatic carbocycles. The highest BCUT2D eigenvalue weighted by Crippen LogP contribution is 2.37. The number of rotatable bonds is 1. The van der Waals surface area contributed by atoms with Crippen LogP contribution in [0.1, 0.15) is 49.0 Å². The lowest BCUT2D eigenvalue weighted by atomic mass is 9.77. The molecule has 2 nitrogen and oxygen atoms in total. The van der Waals surface area contributed by atoms with Gasteiger partial charge in [-0.3, -0.25) is 0 Å². The standard InChI is InChI=1S/C16H21NO/c1-11-12(2)18-15-7-6-13(10-14(11)15)16(17)8-4-3-5-9-16/h6-7,10H,3-5,8-9,17H2,1-2H3. The summed E-state index contributed by atoms with van der Waals surface area (Å²) in [4.78, 5) is 0. The number of furan rings is 1. The molecule has 1 aromatic carbocycles. The van der Waals surface area contributed by atoms with Crippen LogP contribution in [0.25, 0.3) is 11.0 Å². The maximum atomic E-state index is 6.60. The predicted octanol–water partition coefficient (Wildman–Crippen LogP) is 4.17. The van der Waals surface area contributed by atoms with Gasteiger partial charge in [-0.05, 0) is 49.9 Å². The van der Waals surface area contributed by atoms with Crippen molar-refractivity contribution in [2.24, 2.45) is 5.73 Å². The van der Waals surface area contributed by atoms with E-state index >= 15 is 0 Å². The van der Waals surface area contributed by atoms with Gasteiger partial charge in [-0.1, -0.05) is 25.3 Å². The normalized spacial score (nSPS) is 19.3. The zero-order chi connectivity index (χ0) is 12.8. The molecule has 0 spiro atoms. The molecule has 3 rings (SSSR count). The summed E-state index contributed by atoms with van der Waals surface area (Å²) in [5, 5.41) is 1.22. The van der Waals surface area contributed by atoms with Gasteiger partial charge in [-0.25, -0.2) is 0 Å². The van der Waals surface area contributed by atoms with E-state index in [9.17, 15) is 0 Å². The van der Waals surface area contributed by atoms with E-state index in [1.165, 1.54) is 35.8 Å². The fourth-order valence-corrected chi connectivity index (χ4v) is 3.12. The van der Waals surface area contributed by atoms with Crippen LogP contribution in [0.5, 0.6) is 0 Å². The SMILES string of the molecule is Cc1oc2ccc(C3(N)CCCCC3)cc2c1C. The summed E-state index contributed by atoms with van der Waals surface area (Å²) >= 11 is 0. The summed E-state index contributed by atoms with van der Waals surface area (Å²) in [6.07, 6.45) is 6.03. The summed E-state index contributed by atoms with van der Waals surface area (Å²) in [7, 11) is 0. The van der Waals surface area contributed by atoms with Gasteiger partial charge in [0.25, 0.3) is 0 Å². The Balaban J connectivity index is 2.09. The summed E-state index contributed by atoms with van der Waals surface area (Å²) in [6.45, 7) is 4.14. The second-order valence-corrected chi connectivity index (χ2v) is 5.71. The average Bonchev–Trinajstić information content (AvgIpc) is 2.66. The van der Waals surface area contributed by atoms with E-state index in [1.807, 2.05) is 6.92 Å². The molecule has 2 N–H and O–H groups in total. The lowest BCUT2D eigenvalue weighted by Crippen LogP contribution is -2.38. The number of aryl methyl sites for hydroxylation is 2. The monoisotopic (exact) mass is 243 g/mol. The van der Waals surface area contributed by atoms with E-state index in [2.05, 4.69) is 25.1 Å². The highest BCUT2D eigenvalue weighted by atomic mass is 16.3. The Morgan fingerprint density at radius 2 is 1.83 bits per heavy atom. The molecule has 96 valence electrons. The van der Waals surface area contributed by atoms with Gasteiger partial charge in [-0.2, -0.15) is 0 Å². The molecule has 1 fully saturated rings. The van der Waals surface area contributed by atoms with E-state index in [0.717, 1.165) is 24.2 Å². The molecule has 0 bridgehead atoms. The number of hydrogen-bond acceptors (Lipinski definition) is 2. The highest BCUT2D eigenvalue weighted by molar-refractivity contribution is 5.82. The number of benzene rings is 1. The smallest absolute Gasteiger partial charge is 0.134 e. The van der Waals surface area contributed by atoms with Crippen LogP contribution in [0.3, 0.4) is 0 Å². The molecule has 1 aromatic heterocycles. The molecule has 0 radical (unpaired) electrons. The van der Waals surface area contributed by atoms with Crippen LogP contribution >= 0.6 is 0 Å². The van der Waals surface area contributed by atoms with Crippen LogP contribution < -0.4 is 5.73 Å². The van der Waals surface area contributed by atoms with Crippen molar-refractivity contribution in [3.8, 4) is 0 Å². The van der Waals surface area contributed by atoms with Gasteiger partial charge in [0.1, 0.15) is 11.3 Å². The zero-order valence-corrected chi connectivity index (χ0v) is 11.3. The molecule has 0 unspecified atom stereocenters. The number of hydrogen-bond donors (Lipinski definition) is 1. The third kappa shape index (κ3) is 1.76. The fraction of sp³-hybridized carbons (Fsp3) is 0.500. The maximum Gasteiger partial charge on any atom is 0.134 e. The van der Waals surface area contributed by atoms with Crippen molar-refractivity contribution in [3.63, 3.8) is 0 Å². The fourth-order valence-electron chi connectivity index (χ4n) is 3.12. The molecule has 2 heteroatoms. The van der Waals surface area contributed by atoms with E-state index in [0.29, 0.717) is 0 Å². The molecule has 2 aromatic rings. The van der Waals surface area contributed by atoms with Gasteiger partial charge < -0.3 is 10.2 Å². The zero-order valence-electron chi connectivity index (χ0n) is 11.3. The summed E-state index contributed by atoms with van der Waals surface area (Å²) in [5.74, 6) is 1.01. The minimum atomic E-state index is -0.121. The lowest BCUT2D eigenvalue weighted by Gasteiger charge is -2.34. The predicted molar refractivity (Wildman–Crippen MR) is 74.6 cm³/mol. The first-order valence-corrected chi connectivity index (χ1v) is 6.89. The molecule has 0 saturated heterocycles. The van der Waals surface area contributed by atoms with Gasteiger partial charge in [0, 0.05) is 10.9 Å². The first kappa shape index (κ1) is 11.8. The quantitative estimate of drug-likeness (QED) is 0.816. The van der Waals surface area contributed by atoms with Crippen molar-refractivity contribution in [1.29, 1.82) is 0 Å². The minimum Gasteiger partial charge on any atom is -0.461 e.